The van der Waals surface area contributed by atoms with Gasteiger partial charge in [-0.3, -0.25) is 4.79 Å². The molecule has 2 heterocycles. The van der Waals surface area contributed by atoms with Crippen LogP contribution in [0.2, 0.25) is 0 Å². The van der Waals surface area contributed by atoms with Crippen LogP contribution in [0.3, 0.4) is 0 Å². The van der Waals surface area contributed by atoms with Crippen LogP contribution in [0.15, 0.2) is 35.3 Å². The third kappa shape index (κ3) is 4.41. The van der Waals surface area contributed by atoms with Gasteiger partial charge in [0.25, 0.3) is 5.56 Å². The standard InChI is InChI=1S/C21H21F3N4O.C2H2/c1-12-14(5-4-6-16(12)21(22,23)24)10-25-19-15-11-28(20(3)7-8-20)18(29)9-17(15)26-13(2)27-19;1-2/h4-6,9,11H,7-8,10H2,1-3H3,(H,25,26,27);1-2H. The van der Waals surface area contributed by atoms with E-state index in [0.717, 1.165) is 18.9 Å². The van der Waals surface area contributed by atoms with E-state index in [2.05, 4.69) is 28.1 Å². The fraction of sp³-hybridized carbons (Fsp3) is 0.348. The number of hydrogen-bond acceptors (Lipinski definition) is 4. The molecule has 0 atom stereocenters. The summed E-state index contributed by atoms with van der Waals surface area (Å²) in [6.45, 7) is 5.38. The van der Waals surface area contributed by atoms with Crippen molar-refractivity contribution < 1.29 is 13.2 Å². The fourth-order valence-corrected chi connectivity index (χ4v) is 3.56. The Bertz CT molecular complexity index is 1210. The highest BCUT2D eigenvalue weighted by Crippen LogP contribution is 2.42. The minimum absolute atomic E-state index is 0.115. The highest BCUT2D eigenvalue weighted by molar-refractivity contribution is 5.88. The van der Waals surface area contributed by atoms with E-state index in [4.69, 9.17) is 0 Å². The van der Waals surface area contributed by atoms with Crippen LogP contribution in [0.1, 0.15) is 42.3 Å². The number of aromatic nitrogens is 3. The summed E-state index contributed by atoms with van der Waals surface area (Å²) < 4.78 is 41.2. The van der Waals surface area contributed by atoms with Gasteiger partial charge in [-0.1, -0.05) is 12.1 Å². The first-order chi connectivity index (χ1) is 14.6. The molecule has 4 rings (SSSR count). The van der Waals surface area contributed by atoms with E-state index in [9.17, 15) is 18.0 Å². The predicted octanol–water partition coefficient (Wildman–Crippen LogP) is 4.80. The number of aryl methyl sites for hydroxylation is 1. The van der Waals surface area contributed by atoms with Crippen LogP contribution in [-0.4, -0.2) is 14.5 Å². The van der Waals surface area contributed by atoms with E-state index in [1.165, 1.54) is 19.1 Å². The Hall–Kier alpha value is -3.34. The van der Waals surface area contributed by atoms with Gasteiger partial charge in [0.15, 0.2) is 0 Å². The number of rotatable bonds is 4. The molecule has 1 fully saturated rings. The number of anilines is 1. The lowest BCUT2D eigenvalue weighted by atomic mass is 10.0. The van der Waals surface area contributed by atoms with E-state index in [0.29, 0.717) is 28.1 Å². The van der Waals surface area contributed by atoms with E-state index in [-0.39, 0.29) is 23.2 Å². The number of pyridine rings is 1. The molecular formula is C23H23F3N4O. The van der Waals surface area contributed by atoms with Crippen molar-refractivity contribution in [3.05, 3.63) is 63.3 Å². The summed E-state index contributed by atoms with van der Waals surface area (Å²) in [5.41, 5.74) is 0.291. The van der Waals surface area contributed by atoms with Crippen molar-refractivity contribution in [3.8, 4) is 12.8 Å². The van der Waals surface area contributed by atoms with Crippen LogP contribution < -0.4 is 10.9 Å². The number of terminal acetylenes is 1. The van der Waals surface area contributed by atoms with Crippen molar-refractivity contribution in [1.82, 2.24) is 14.5 Å². The van der Waals surface area contributed by atoms with Crippen molar-refractivity contribution in [2.75, 3.05) is 5.32 Å². The van der Waals surface area contributed by atoms with Gasteiger partial charge >= 0.3 is 6.18 Å². The van der Waals surface area contributed by atoms with Gasteiger partial charge in [-0.25, -0.2) is 9.97 Å². The topological polar surface area (TPSA) is 59.8 Å². The first-order valence-corrected chi connectivity index (χ1v) is 9.73. The lowest BCUT2D eigenvalue weighted by Gasteiger charge is -2.17. The second-order valence-electron chi connectivity index (χ2n) is 7.84. The van der Waals surface area contributed by atoms with Gasteiger partial charge in [-0.2, -0.15) is 13.2 Å². The van der Waals surface area contributed by atoms with Gasteiger partial charge in [0.1, 0.15) is 11.6 Å². The summed E-state index contributed by atoms with van der Waals surface area (Å²) in [6.07, 6.45) is 7.22. The Morgan fingerprint density at radius 3 is 2.48 bits per heavy atom. The molecule has 31 heavy (non-hydrogen) atoms. The number of fused-ring (bicyclic) bond motifs is 1. The zero-order chi connectivity index (χ0) is 23.0. The van der Waals surface area contributed by atoms with Crippen molar-refractivity contribution in [2.45, 2.75) is 51.9 Å². The summed E-state index contributed by atoms with van der Waals surface area (Å²) in [5.74, 6) is 0.984. The van der Waals surface area contributed by atoms with Gasteiger partial charge < -0.3 is 9.88 Å². The van der Waals surface area contributed by atoms with Gasteiger partial charge in [0, 0.05) is 24.3 Å². The molecule has 0 saturated heterocycles. The SMILES string of the molecule is C#C.Cc1nc(NCc2cccc(C(F)(F)F)c2C)c2cn(C3(C)CC3)c(=O)cc2n1. The quantitative estimate of drug-likeness (QED) is 0.607. The van der Waals surface area contributed by atoms with Crippen LogP contribution in [0.25, 0.3) is 10.9 Å². The smallest absolute Gasteiger partial charge is 0.365 e. The molecule has 0 bridgehead atoms. The van der Waals surface area contributed by atoms with Gasteiger partial charge in [0.2, 0.25) is 0 Å². The average Bonchev–Trinajstić information content (AvgIpc) is 3.45. The molecule has 1 aliphatic carbocycles. The summed E-state index contributed by atoms with van der Waals surface area (Å²) in [6, 6.07) is 5.64. The molecule has 162 valence electrons. The minimum Gasteiger partial charge on any atom is -0.365 e. The van der Waals surface area contributed by atoms with Crippen molar-refractivity contribution in [3.63, 3.8) is 0 Å². The van der Waals surface area contributed by atoms with Crippen LogP contribution in [0.4, 0.5) is 19.0 Å². The summed E-state index contributed by atoms with van der Waals surface area (Å²) >= 11 is 0. The summed E-state index contributed by atoms with van der Waals surface area (Å²) in [4.78, 5) is 21.3. The third-order valence-corrected chi connectivity index (χ3v) is 5.60. The first kappa shape index (κ1) is 22.3. The largest absolute Gasteiger partial charge is 0.416 e. The lowest BCUT2D eigenvalue weighted by molar-refractivity contribution is -0.138. The molecule has 5 nitrogen and oxygen atoms in total. The van der Waals surface area contributed by atoms with Crippen LogP contribution in [-0.2, 0) is 18.3 Å². The molecule has 8 heteroatoms. The fourth-order valence-electron chi connectivity index (χ4n) is 3.56. The van der Waals surface area contributed by atoms with E-state index in [1.807, 2.05) is 6.92 Å². The molecule has 0 amide bonds. The Kier molecular flexibility index (Phi) is 5.81. The number of halogens is 3. The second-order valence-corrected chi connectivity index (χ2v) is 7.84. The Balaban J connectivity index is 0.00000132. The molecule has 1 aliphatic rings. The van der Waals surface area contributed by atoms with E-state index >= 15 is 0 Å². The monoisotopic (exact) mass is 428 g/mol. The van der Waals surface area contributed by atoms with Crippen molar-refractivity contribution in [2.24, 2.45) is 0 Å². The molecule has 3 aromatic rings. The lowest BCUT2D eigenvalue weighted by Crippen LogP contribution is -2.27. The first-order valence-electron chi connectivity index (χ1n) is 9.73. The van der Waals surface area contributed by atoms with Crippen molar-refractivity contribution in [1.29, 1.82) is 0 Å². The zero-order valence-corrected chi connectivity index (χ0v) is 17.5. The Morgan fingerprint density at radius 1 is 1.19 bits per heavy atom. The van der Waals surface area contributed by atoms with Gasteiger partial charge in [0.05, 0.1) is 16.5 Å². The number of alkyl halides is 3. The van der Waals surface area contributed by atoms with Crippen LogP contribution in [0.5, 0.6) is 0 Å². The highest BCUT2D eigenvalue weighted by Gasteiger charge is 2.40. The molecule has 0 aliphatic heterocycles. The molecular weight excluding hydrogens is 405 g/mol. The molecule has 0 radical (unpaired) electrons. The van der Waals surface area contributed by atoms with Crippen LogP contribution in [0, 0.1) is 26.7 Å². The van der Waals surface area contributed by atoms with Gasteiger partial charge in [-0.15, -0.1) is 12.8 Å². The highest BCUT2D eigenvalue weighted by atomic mass is 19.4. The molecule has 1 saturated carbocycles. The number of nitrogens with one attached hydrogen (secondary N) is 1. The Labute approximate surface area is 178 Å². The maximum atomic E-state index is 13.2. The predicted molar refractivity (Wildman–Crippen MR) is 115 cm³/mol. The molecule has 1 N–H and O–H groups in total. The maximum absolute atomic E-state index is 13.2. The van der Waals surface area contributed by atoms with E-state index < -0.39 is 11.7 Å². The Morgan fingerprint density at radius 2 is 1.87 bits per heavy atom. The maximum Gasteiger partial charge on any atom is 0.416 e. The molecule has 0 spiro atoms. The molecule has 0 unspecified atom stereocenters. The number of benzene rings is 1. The zero-order valence-electron chi connectivity index (χ0n) is 17.5. The van der Waals surface area contributed by atoms with Crippen molar-refractivity contribution >= 4 is 16.7 Å². The third-order valence-electron chi connectivity index (χ3n) is 5.60. The minimum atomic E-state index is -4.39. The molecule has 1 aromatic carbocycles. The van der Waals surface area contributed by atoms with E-state index in [1.54, 1.807) is 23.8 Å². The normalized spacial score (nSPS) is 14.6. The second kappa shape index (κ2) is 8.06. The van der Waals surface area contributed by atoms with Crippen LogP contribution >= 0.6 is 0 Å². The van der Waals surface area contributed by atoms with Gasteiger partial charge in [-0.05, 0) is 50.8 Å². The number of hydrogen-bond donors (Lipinski definition) is 1. The number of nitrogens with zero attached hydrogens (tertiary/aromatic N) is 3. The molecule has 2 aromatic heterocycles. The summed E-state index contributed by atoms with van der Waals surface area (Å²) in [5, 5.41) is 3.82. The summed E-state index contributed by atoms with van der Waals surface area (Å²) in [7, 11) is 0. The average molecular weight is 428 g/mol.